The first-order valence-electron chi connectivity index (χ1n) is 9.60. The molecule has 1 amide bonds. The van der Waals surface area contributed by atoms with Gasteiger partial charge < -0.3 is 9.80 Å². The second-order valence-corrected chi connectivity index (χ2v) is 7.07. The molecule has 0 unspecified atom stereocenters. The maximum Gasteiger partial charge on any atom is 0.232 e. The highest BCUT2D eigenvalue weighted by atomic mass is 16.2. The monoisotopic (exact) mass is 363 g/mol. The van der Waals surface area contributed by atoms with Crippen LogP contribution in [0, 0.1) is 6.92 Å². The van der Waals surface area contributed by atoms with Crippen molar-refractivity contribution in [2.24, 2.45) is 0 Å². The van der Waals surface area contributed by atoms with E-state index in [1.165, 1.54) is 5.56 Å². The lowest BCUT2D eigenvalue weighted by molar-refractivity contribution is -0.131. The van der Waals surface area contributed by atoms with Gasteiger partial charge in [-0.05, 0) is 37.5 Å². The maximum atomic E-state index is 12.5. The van der Waals surface area contributed by atoms with Crippen molar-refractivity contribution < 1.29 is 4.79 Å². The Kier molecular flexibility index (Phi) is 5.05. The van der Waals surface area contributed by atoms with Crippen LogP contribution in [0.15, 0.2) is 48.5 Å². The molecule has 6 nitrogen and oxygen atoms in total. The highest BCUT2D eigenvalue weighted by Gasteiger charge is 2.24. The van der Waals surface area contributed by atoms with Gasteiger partial charge in [-0.1, -0.05) is 36.4 Å². The number of aryl methyl sites for hydroxylation is 2. The van der Waals surface area contributed by atoms with E-state index in [0.29, 0.717) is 6.42 Å². The molecule has 0 radical (unpaired) electrons. The minimum Gasteiger partial charge on any atom is -0.339 e. The standard InChI is InChI=1S/C21H25N5O/c1-17-7-5-11-19-22-23-21(26(17)19)25-15-13-24(14-16-25)20(27)12-6-10-18-8-3-2-4-9-18/h2-5,7-9,11H,6,10,12-16H2,1H3. The number of fused-ring (bicyclic) bond motifs is 1. The Bertz CT molecular complexity index is 913. The maximum absolute atomic E-state index is 12.5. The SMILES string of the molecule is Cc1cccc2nnc(N3CCN(C(=O)CCCc4ccccc4)CC3)n12. The van der Waals surface area contributed by atoms with Crippen molar-refractivity contribution in [3.63, 3.8) is 0 Å². The number of amides is 1. The molecule has 6 heteroatoms. The molecule has 140 valence electrons. The van der Waals surface area contributed by atoms with Crippen molar-refractivity contribution in [3.8, 4) is 0 Å². The van der Waals surface area contributed by atoms with Gasteiger partial charge in [0.15, 0.2) is 5.65 Å². The summed E-state index contributed by atoms with van der Waals surface area (Å²) in [7, 11) is 0. The molecule has 0 N–H and O–H groups in total. The average molecular weight is 363 g/mol. The number of carbonyl (C=O) groups excluding carboxylic acids is 1. The fraction of sp³-hybridized carbons (Fsp3) is 0.381. The summed E-state index contributed by atoms with van der Waals surface area (Å²) in [6, 6.07) is 16.4. The number of aromatic nitrogens is 3. The lowest BCUT2D eigenvalue weighted by Gasteiger charge is -2.35. The van der Waals surface area contributed by atoms with Crippen LogP contribution in [0.25, 0.3) is 5.65 Å². The first kappa shape index (κ1) is 17.5. The van der Waals surface area contributed by atoms with Gasteiger partial charge in [0.25, 0.3) is 0 Å². The van der Waals surface area contributed by atoms with Crippen LogP contribution in [-0.2, 0) is 11.2 Å². The molecule has 2 aromatic heterocycles. The van der Waals surface area contributed by atoms with Crippen molar-refractivity contribution in [1.29, 1.82) is 0 Å². The third kappa shape index (κ3) is 3.79. The summed E-state index contributed by atoms with van der Waals surface area (Å²) >= 11 is 0. The molecule has 1 fully saturated rings. The minimum atomic E-state index is 0.257. The molecule has 0 atom stereocenters. The lowest BCUT2D eigenvalue weighted by Crippen LogP contribution is -2.49. The zero-order valence-electron chi connectivity index (χ0n) is 15.7. The molecule has 1 aliphatic rings. The Morgan fingerprint density at radius 3 is 2.52 bits per heavy atom. The van der Waals surface area contributed by atoms with Crippen molar-refractivity contribution in [2.75, 3.05) is 31.1 Å². The number of anilines is 1. The summed E-state index contributed by atoms with van der Waals surface area (Å²) in [6.45, 7) is 5.13. The van der Waals surface area contributed by atoms with Crippen LogP contribution in [0.2, 0.25) is 0 Å². The first-order chi connectivity index (χ1) is 13.2. The Morgan fingerprint density at radius 2 is 1.74 bits per heavy atom. The Balaban J connectivity index is 1.31. The molecule has 0 aliphatic carbocycles. The number of pyridine rings is 1. The zero-order valence-corrected chi connectivity index (χ0v) is 15.7. The Morgan fingerprint density at radius 1 is 0.963 bits per heavy atom. The van der Waals surface area contributed by atoms with Crippen LogP contribution in [0.1, 0.15) is 24.1 Å². The summed E-state index contributed by atoms with van der Waals surface area (Å²) in [5, 5.41) is 8.64. The smallest absolute Gasteiger partial charge is 0.232 e. The number of benzene rings is 1. The molecular formula is C21H25N5O. The van der Waals surface area contributed by atoms with Gasteiger partial charge in [-0.2, -0.15) is 0 Å². The van der Waals surface area contributed by atoms with E-state index in [2.05, 4.69) is 44.6 Å². The molecule has 0 bridgehead atoms. The van der Waals surface area contributed by atoms with E-state index in [1.807, 2.05) is 35.2 Å². The van der Waals surface area contributed by atoms with Crippen molar-refractivity contribution in [2.45, 2.75) is 26.2 Å². The van der Waals surface area contributed by atoms with Gasteiger partial charge in [-0.3, -0.25) is 9.20 Å². The van der Waals surface area contributed by atoms with Gasteiger partial charge in [0.1, 0.15) is 0 Å². The van der Waals surface area contributed by atoms with Gasteiger partial charge in [0, 0.05) is 38.3 Å². The quantitative estimate of drug-likeness (QED) is 0.699. The van der Waals surface area contributed by atoms with Crippen molar-refractivity contribution in [3.05, 3.63) is 59.8 Å². The van der Waals surface area contributed by atoms with Crippen LogP contribution in [-0.4, -0.2) is 51.6 Å². The Labute approximate surface area is 159 Å². The second kappa shape index (κ2) is 7.78. The molecule has 1 aliphatic heterocycles. The number of hydrogen-bond donors (Lipinski definition) is 0. The van der Waals surface area contributed by atoms with Gasteiger partial charge in [-0.25, -0.2) is 0 Å². The summed E-state index contributed by atoms with van der Waals surface area (Å²) in [5.74, 6) is 1.13. The lowest BCUT2D eigenvalue weighted by atomic mass is 10.1. The molecule has 3 heterocycles. The van der Waals surface area contributed by atoms with Crippen LogP contribution in [0.3, 0.4) is 0 Å². The molecule has 1 saturated heterocycles. The average Bonchev–Trinajstić information content (AvgIpc) is 3.14. The third-order valence-corrected chi connectivity index (χ3v) is 5.22. The van der Waals surface area contributed by atoms with Gasteiger partial charge >= 0.3 is 0 Å². The number of nitrogens with zero attached hydrogens (tertiary/aromatic N) is 5. The summed E-state index contributed by atoms with van der Waals surface area (Å²) in [4.78, 5) is 16.7. The van der Waals surface area contributed by atoms with Crippen molar-refractivity contribution >= 4 is 17.5 Å². The van der Waals surface area contributed by atoms with Crippen LogP contribution < -0.4 is 4.90 Å². The first-order valence-corrected chi connectivity index (χ1v) is 9.60. The van der Waals surface area contributed by atoms with E-state index < -0.39 is 0 Å². The fourth-order valence-electron chi connectivity index (χ4n) is 3.69. The summed E-state index contributed by atoms with van der Waals surface area (Å²) < 4.78 is 2.08. The largest absolute Gasteiger partial charge is 0.339 e. The molecule has 0 spiro atoms. The predicted octanol–water partition coefficient (Wildman–Crippen LogP) is 2.71. The van der Waals surface area contributed by atoms with Gasteiger partial charge in [0.2, 0.25) is 11.9 Å². The fourth-order valence-corrected chi connectivity index (χ4v) is 3.69. The van der Waals surface area contributed by atoms with Crippen LogP contribution in [0.4, 0.5) is 5.95 Å². The molecule has 4 rings (SSSR count). The van der Waals surface area contributed by atoms with E-state index in [0.717, 1.165) is 56.3 Å². The highest BCUT2D eigenvalue weighted by molar-refractivity contribution is 5.76. The minimum absolute atomic E-state index is 0.257. The summed E-state index contributed by atoms with van der Waals surface area (Å²) in [6.07, 6.45) is 2.47. The van der Waals surface area contributed by atoms with Crippen LogP contribution in [0.5, 0.6) is 0 Å². The Hall–Kier alpha value is -2.89. The third-order valence-electron chi connectivity index (χ3n) is 5.22. The number of piperazine rings is 1. The normalized spacial score (nSPS) is 14.7. The second-order valence-electron chi connectivity index (χ2n) is 7.07. The van der Waals surface area contributed by atoms with Crippen molar-refractivity contribution in [1.82, 2.24) is 19.5 Å². The number of rotatable bonds is 5. The molecule has 0 saturated carbocycles. The van der Waals surface area contributed by atoms with E-state index in [9.17, 15) is 4.79 Å². The van der Waals surface area contributed by atoms with E-state index in [1.54, 1.807) is 0 Å². The molecule has 3 aromatic rings. The van der Waals surface area contributed by atoms with Gasteiger partial charge in [0.05, 0.1) is 0 Å². The predicted molar refractivity (Wildman–Crippen MR) is 106 cm³/mol. The highest BCUT2D eigenvalue weighted by Crippen LogP contribution is 2.18. The zero-order chi connectivity index (χ0) is 18.6. The van der Waals surface area contributed by atoms with E-state index in [4.69, 9.17) is 0 Å². The molecule has 1 aromatic carbocycles. The summed E-state index contributed by atoms with van der Waals surface area (Å²) in [5.41, 5.74) is 3.28. The van der Waals surface area contributed by atoms with E-state index in [-0.39, 0.29) is 5.91 Å². The topological polar surface area (TPSA) is 53.7 Å². The van der Waals surface area contributed by atoms with E-state index >= 15 is 0 Å². The molecular weight excluding hydrogens is 338 g/mol. The van der Waals surface area contributed by atoms with Crippen LogP contribution >= 0.6 is 0 Å². The van der Waals surface area contributed by atoms with Gasteiger partial charge in [-0.15, -0.1) is 10.2 Å². The number of carbonyl (C=O) groups is 1. The molecule has 27 heavy (non-hydrogen) atoms. The number of hydrogen-bond acceptors (Lipinski definition) is 4.